The summed E-state index contributed by atoms with van der Waals surface area (Å²) in [4.78, 5) is 22.6. The van der Waals surface area contributed by atoms with Crippen LogP contribution in [0, 0.1) is 0 Å². The number of carbonyl (C=O) groups is 2. The molecule has 0 aromatic heterocycles. The number of hydrogen-bond acceptors (Lipinski definition) is 3. The van der Waals surface area contributed by atoms with Crippen molar-refractivity contribution in [2.45, 2.75) is 77.2 Å². The van der Waals surface area contributed by atoms with Crippen molar-refractivity contribution in [2.75, 3.05) is 6.61 Å². The van der Waals surface area contributed by atoms with Crippen molar-refractivity contribution in [3.05, 3.63) is 12.2 Å². The highest BCUT2D eigenvalue weighted by Crippen LogP contribution is 2.09. The zero-order chi connectivity index (χ0) is 15.3. The lowest BCUT2D eigenvalue weighted by Gasteiger charge is -2.09. The van der Waals surface area contributed by atoms with Crippen LogP contribution in [0.1, 0.15) is 71.1 Å². The van der Waals surface area contributed by atoms with Crippen molar-refractivity contribution >= 4 is 11.9 Å². The molecule has 1 heterocycles. The highest BCUT2D eigenvalue weighted by molar-refractivity contribution is 5.87. The van der Waals surface area contributed by atoms with Crippen LogP contribution in [0.15, 0.2) is 12.2 Å². The van der Waals surface area contributed by atoms with Crippen LogP contribution >= 0.6 is 0 Å². The largest absolute Gasteiger partial charge is 0.464 e. The van der Waals surface area contributed by atoms with E-state index in [1.165, 1.54) is 32.1 Å². The third-order valence-corrected chi connectivity index (χ3v) is 3.68. The van der Waals surface area contributed by atoms with E-state index >= 15 is 0 Å². The number of esters is 1. The summed E-state index contributed by atoms with van der Waals surface area (Å²) in [5.74, 6) is -0.348. The van der Waals surface area contributed by atoms with Gasteiger partial charge >= 0.3 is 5.97 Å². The number of carbonyl (C=O) groups excluding carboxylic acids is 2. The average molecular weight is 295 g/mol. The Morgan fingerprint density at radius 1 is 1.19 bits per heavy atom. The van der Waals surface area contributed by atoms with Gasteiger partial charge in [0.1, 0.15) is 6.04 Å². The Labute approximate surface area is 128 Å². The molecule has 1 atom stereocenters. The molecule has 1 N–H and O–H groups in total. The highest BCUT2D eigenvalue weighted by atomic mass is 16.5. The summed E-state index contributed by atoms with van der Waals surface area (Å²) in [7, 11) is 0. The summed E-state index contributed by atoms with van der Waals surface area (Å²) >= 11 is 0. The number of unbranched alkanes of at least 4 members (excludes halogenated alkanes) is 6. The molecule has 4 nitrogen and oxygen atoms in total. The summed E-state index contributed by atoms with van der Waals surface area (Å²) in [5.41, 5.74) is 0. The molecule has 21 heavy (non-hydrogen) atoms. The van der Waals surface area contributed by atoms with E-state index in [-0.39, 0.29) is 11.9 Å². The lowest BCUT2D eigenvalue weighted by atomic mass is 10.1. The molecule has 0 bridgehead atoms. The Balaban J connectivity index is 1.90. The Bertz CT molecular complexity index is 339. The van der Waals surface area contributed by atoms with E-state index in [4.69, 9.17) is 4.74 Å². The molecule has 1 saturated heterocycles. The number of ether oxygens (including phenoxy) is 1. The number of nitrogens with one attached hydrogen (secondary N) is 1. The average Bonchev–Trinajstić information content (AvgIpc) is 2.91. The van der Waals surface area contributed by atoms with E-state index in [1.54, 1.807) is 0 Å². The molecule has 0 unspecified atom stereocenters. The maximum atomic E-state index is 11.6. The molecule has 4 heteroatoms. The summed E-state index contributed by atoms with van der Waals surface area (Å²) in [5, 5.41) is 2.62. The van der Waals surface area contributed by atoms with Crippen LogP contribution in [0.3, 0.4) is 0 Å². The quantitative estimate of drug-likeness (QED) is 0.360. The molecule has 1 fully saturated rings. The zero-order valence-corrected chi connectivity index (χ0v) is 13.2. The van der Waals surface area contributed by atoms with Gasteiger partial charge in [-0.05, 0) is 32.1 Å². The van der Waals surface area contributed by atoms with Gasteiger partial charge in [-0.2, -0.15) is 0 Å². The monoisotopic (exact) mass is 295 g/mol. The summed E-state index contributed by atoms with van der Waals surface area (Å²) in [6.45, 7) is 2.67. The second-order valence-electron chi connectivity index (χ2n) is 5.64. The first-order chi connectivity index (χ1) is 10.2. The van der Waals surface area contributed by atoms with Gasteiger partial charge in [0.05, 0.1) is 6.61 Å². The van der Waals surface area contributed by atoms with Crippen molar-refractivity contribution in [3.63, 3.8) is 0 Å². The summed E-state index contributed by atoms with van der Waals surface area (Å²) in [6, 6.07) is -0.420. The van der Waals surface area contributed by atoms with Gasteiger partial charge in [-0.15, -0.1) is 0 Å². The first-order valence-electron chi connectivity index (χ1n) is 8.35. The van der Waals surface area contributed by atoms with Crippen molar-refractivity contribution in [1.82, 2.24) is 5.32 Å². The fourth-order valence-corrected chi connectivity index (χ4v) is 2.37. The molecule has 0 aromatic carbocycles. The standard InChI is InChI=1S/C17H29NO3/c1-2-3-4-5-6-7-8-9-10-11-14-21-17(20)15-12-13-16(19)18-15/h8-9,15H,2-7,10-14H2,1H3,(H,18,19)/t15-/m0/s1. The first kappa shape index (κ1) is 17.7. The molecule has 1 aliphatic heterocycles. The predicted molar refractivity (Wildman–Crippen MR) is 83.9 cm³/mol. The lowest BCUT2D eigenvalue weighted by molar-refractivity contribution is -0.146. The van der Waals surface area contributed by atoms with Crippen LogP contribution in [0.25, 0.3) is 0 Å². The van der Waals surface area contributed by atoms with Crippen LogP contribution in [0.4, 0.5) is 0 Å². The number of rotatable bonds is 11. The minimum atomic E-state index is -0.420. The van der Waals surface area contributed by atoms with Crippen LogP contribution < -0.4 is 5.32 Å². The van der Waals surface area contributed by atoms with Crippen molar-refractivity contribution in [3.8, 4) is 0 Å². The summed E-state index contributed by atoms with van der Waals surface area (Å²) in [6.07, 6.45) is 14.9. The molecular formula is C17H29NO3. The zero-order valence-electron chi connectivity index (χ0n) is 13.2. The maximum Gasteiger partial charge on any atom is 0.328 e. The molecule has 120 valence electrons. The Morgan fingerprint density at radius 2 is 1.90 bits per heavy atom. The molecular weight excluding hydrogens is 266 g/mol. The highest BCUT2D eigenvalue weighted by Gasteiger charge is 2.28. The molecule has 0 aliphatic carbocycles. The van der Waals surface area contributed by atoms with E-state index in [0.717, 1.165) is 19.3 Å². The third kappa shape index (κ3) is 8.53. The van der Waals surface area contributed by atoms with Gasteiger partial charge in [0.2, 0.25) is 5.91 Å². The minimum absolute atomic E-state index is 0.0566. The second-order valence-corrected chi connectivity index (χ2v) is 5.64. The normalized spacial score (nSPS) is 18.1. The van der Waals surface area contributed by atoms with Crippen LogP contribution in [-0.4, -0.2) is 24.5 Å². The molecule has 1 rings (SSSR count). The smallest absolute Gasteiger partial charge is 0.328 e. The fraction of sp³-hybridized carbons (Fsp3) is 0.765. The maximum absolute atomic E-state index is 11.6. The third-order valence-electron chi connectivity index (χ3n) is 3.68. The van der Waals surface area contributed by atoms with E-state index in [9.17, 15) is 9.59 Å². The van der Waals surface area contributed by atoms with Crippen LogP contribution in [-0.2, 0) is 14.3 Å². The van der Waals surface area contributed by atoms with Gasteiger partial charge in [0, 0.05) is 6.42 Å². The molecule has 0 saturated carbocycles. The Kier molecular flexibility index (Phi) is 9.58. The van der Waals surface area contributed by atoms with Crippen molar-refractivity contribution in [2.24, 2.45) is 0 Å². The molecule has 0 spiro atoms. The van der Waals surface area contributed by atoms with Gasteiger partial charge in [0.25, 0.3) is 0 Å². The SMILES string of the molecule is CCCCCCCC=CCCCOC(=O)[C@@H]1CCC(=O)N1. The fourth-order valence-electron chi connectivity index (χ4n) is 2.37. The van der Waals surface area contributed by atoms with Gasteiger partial charge in [-0.1, -0.05) is 44.8 Å². The number of hydrogen-bond donors (Lipinski definition) is 1. The van der Waals surface area contributed by atoms with E-state index < -0.39 is 6.04 Å². The molecule has 1 amide bonds. The van der Waals surface area contributed by atoms with Gasteiger partial charge in [0.15, 0.2) is 0 Å². The van der Waals surface area contributed by atoms with Crippen molar-refractivity contribution in [1.29, 1.82) is 0 Å². The van der Waals surface area contributed by atoms with Gasteiger partial charge in [-0.25, -0.2) is 4.79 Å². The van der Waals surface area contributed by atoms with Crippen molar-refractivity contribution < 1.29 is 14.3 Å². The minimum Gasteiger partial charge on any atom is -0.464 e. The van der Waals surface area contributed by atoms with Gasteiger partial charge in [-0.3, -0.25) is 4.79 Å². The molecule has 1 aliphatic rings. The number of amides is 1. The van der Waals surface area contributed by atoms with E-state index in [0.29, 0.717) is 19.4 Å². The summed E-state index contributed by atoms with van der Waals surface area (Å²) < 4.78 is 5.16. The van der Waals surface area contributed by atoms with Crippen LogP contribution in [0.2, 0.25) is 0 Å². The van der Waals surface area contributed by atoms with Crippen LogP contribution in [0.5, 0.6) is 0 Å². The van der Waals surface area contributed by atoms with E-state index in [1.807, 2.05) is 0 Å². The Hall–Kier alpha value is -1.32. The Morgan fingerprint density at radius 3 is 2.57 bits per heavy atom. The second kappa shape index (κ2) is 11.4. The predicted octanol–water partition coefficient (Wildman–Crippen LogP) is 3.51. The molecule has 0 radical (unpaired) electrons. The van der Waals surface area contributed by atoms with E-state index in [2.05, 4.69) is 24.4 Å². The molecule has 0 aromatic rings. The topological polar surface area (TPSA) is 55.4 Å². The number of allylic oxidation sites excluding steroid dienone is 2. The van der Waals surface area contributed by atoms with Gasteiger partial charge < -0.3 is 10.1 Å². The lowest BCUT2D eigenvalue weighted by Crippen LogP contribution is -2.34. The first-order valence-corrected chi connectivity index (χ1v) is 8.35.